The standard InChI is InChI=1S/C31H46N4O11/c1-21-10-12-22(13-11-21)30(42)33-16-3-2-7-24(29(32)41)34-27(38)20-46-19-18-45-17-5-6-23(36)14-15-25(31(43)44)35-26(37)8-4-9-28(39)40/h10-13,24-25H,2-9,14-20H2,1H3,(H2,32,41)(H,33,42)(H,34,38)(H,35,37)(H,39,40)(H,43,44). The number of primary amides is 1. The number of ether oxygens (including phenoxy) is 2. The number of carboxylic acid groups (broad SMARTS) is 2. The monoisotopic (exact) mass is 650 g/mol. The number of aliphatic carboxylic acids is 2. The Kier molecular flexibility index (Phi) is 19.9. The van der Waals surface area contributed by atoms with Crippen LogP contribution in [0, 0.1) is 6.92 Å². The highest BCUT2D eigenvalue weighted by Gasteiger charge is 2.21. The van der Waals surface area contributed by atoms with Crippen LogP contribution in [0.15, 0.2) is 24.3 Å². The van der Waals surface area contributed by atoms with E-state index < -0.39 is 41.7 Å². The van der Waals surface area contributed by atoms with Crippen molar-refractivity contribution in [3.63, 3.8) is 0 Å². The minimum absolute atomic E-state index is 0.0541. The molecule has 15 nitrogen and oxygen atoms in total. The number of aryl methyl sites for hydroxylation is 1. The number of nitrogens with two attached hydrogens (primary N) is 1. The highest BCUT2D eigenvalue weighted by atomic mass is 16.5. The van der Waals surface area contributed by atoms with Crippen LogP contribution in [0.1, 0.15) is 80.1 Å². The van der Waals surface area contributed by atoms with Crippen molar-refractivity contribution in [1.82, 2.24) is 16.0 Å². The summed E-state index contributed by atoms with van der Waals surface area (Å²) < 4.78 is 10.6. The number of carbonyl (C=O) groups excluding carboxylic acids is 5. The molecule has 2 unspecified atom stereocenters. The van der Waals surface area contributed by atoms with Crippen LogP contribution in [0.5, 0.6) is 0 Å². The lowest BCUT2D eigenvalue weighted by Gasteiger charge is -2.15. The van der Waals surface area contributed by atoms with Gasteiger partial charge in [0.25, 0.3) is 5.91 Å². The molecule has 0 spiro atoms. The van der Waals surface area contributed by atoms with Crippen molar-refractivity contribution in [2.24, 2.45) is 5.73 Å². The van der Waals surface area contributed by atoms with Gasteiger partial charge in [-0.2, -0.15) is 0 Å². The fourth-order valence-electron chi connectivity index (χ4n) is 4.11. The van der Waals surface area contributed by atoms with Crippen LogP contribution in [0.25, 0.3) is 0 Å². The summed E-state index contributed by atoms with van der Waals surface area (Å²) in [7, 11) is 0. The quantitative estimate of drug-likeness (QED) is 0.0768. The molecule has 15 heteroatoms. The molecule has 46 heavy (non-hydrogen) atoms. The van der Waals surface area contributed by atoms with E-state index >= 15 is 0 Å². The van der Waals surface area contributed by atoms with Crippen LogP contribution in [-0.2, 0) is 38.2 Å². The molecule has 0 aliphatic carbocycles. The molecule has 0 heterocycles. The third-order valence-corrected chi connectivity index (χ3v) is 6.69. The van der Waals surface area contributed by atoms with E-state index in [1.165, 1.54) is 0 Å². The normalized spacial score (nSPS) is 12.0. The van der Waals surface area contributed by atoms with Crippen molar-refractivity contribution >= 4 is 41.4 Å². The van der Waals surface area contributed by atoms with E-state index in [9.17, 15) is 38.7 Å². The summed E-state index contributed by atoms with van der Waals surface area (Å²) in [5, 5.41) is 25.5. The Morgan fingerprint density at radius 1 is 0.739 bits per heavy atom. The van der Waals surface area contributed by atoms with Crippen LogP contribution >= 0.6 is 0 Å². The second-order valence-electron chi connectivity index (χ2n) is 10.7. The maximum Gasteiger partial charge on any atom is 0.326 e. The Morgan fingerprint density at radius 3 is 2.07 bits per heavy atom. The van der Waals surface area contributed by atoms with Gasteiger partial charge in [0.05, 0.1) is 13.2 Å². The number of ketones is 1. The van der Waals surface area contributed by atoms with Gasteiger partial charge in [-0.25, -0.2) is 4.79 Å². The van der Waals surface area contributed by atoms with Crippen molar-refractivity contribution < 1.29 is 53.2 Å². The van der Waals surface area contributed by atoms with Crippen molar-refractivity contribution in [1.29, 1.82) is 0 Å². The highest BCUT2D eigenvalue weighted by molar-refractivity contribution is 5.94. The first-order valence-corrected chi connectivity index (χ1v) is 15.2. The number of nitrogens with one attached hydrogen (secondary N) is 3. The number of hydrogen-bond acceptors (Lipinski definition) is 9. The van der Waals surface area contributed by atoms with E-state index in [0.29, 0.717) is 37.8 Å². The fourth-order valence-corrected chi connectivity index (χ4v) is 4.11. The molecule has 1 aromatic rings. The molecule has 1 aromatic carbocycles. The number of Topliss-reactive ketones (excluding diaryl/α,β-unsaturated/α-hetero) is 1. The maximum atomic E-state index is 12.1. The Balaban J connectivity index is 2.13. The summed E-state index contributed by atoms with van der Waals surface area (Å²) >= 11 is 0. The zero-order valence-electron chi connectivity index (χ0n) is 26.2. The van der Waals surface area contributed by atoms with E-state index in [1.54, 1.807) is 12.1 Å². The molecule has 0 aromatic heterocycles. The molecule has 0 aliphatic heterocycles. The van der Waals surface area contributed by atoms with Gasteiger partial charge in [0.1, 0.15) is 24.5 Å². The van der Waals surface area contributed by atoms with Crippen LogP contribution in [-0.4, -0.2) is 96.6 Å². The number of unbranched alkanes of at least 4 members (excludes halogenated alkanes) is 1. The molecule has 0 saturated heterocycles. The molecular weight excluding hydrogens is 604 g/mol. The largest absolute Gasteiger partial charge is 0.481 e. The average Bonchev–Trinajstić information content (AvgIpc) is 2.99. The third-order valence-electron chi connectivity index (χ3n) is 6.69. The Labute approximate surface area is 267 Å². The molecule has 1 rings (SSSR count). The maximum absolute atomic E-state index is 12.1. The van der Waals surface area contributed by atoms with Gasteiger partial charge in [0.2, 0.25) is 17.7 Å². The fraction of sp³-hybridized carbons (Fsp3) is 0.581. The Hall–Kier alpha value is -4.37. The van der Waals surface area contributed by atoms with E-state index in [2.05, 4.69) is 16.0 Å². The third kappa shape index (κ3) is 19.1. The topological polar surface area (TPSA) is 241 Å². The predicted molar refractivity (Wildman–Crippen MR) is 165 cm³/mol. The molecule has 4 amide bonds. The SMILES string of the molecule is Cc1ccc(C(=O)NCCCCC(NC(=O)COCCOCCCC(=O)CCC(NC(=O)CCCC(=O)O)C(=O)O)C(N)=O)cc1. The van der Waals surface area contributed by atoms with Gasteiger partial charge in [-0.1, -0.05) is 17.7 Å². The predicted octanol–water partition coefficient (Wildman–Crippen LogP) is 0.852. The molecule has 0 fully saturated rings. The average molecular weight is 651 g/mol. The summed E-state index contributed by atoms with van der Waals surface area (Å²) in [5.74, 6) is -4.49. The summed E-state index contributed by atoms with van der Waals surface area (Å²) in [6.45, 7) is 2.52. The lowest BCUT2D eigenvalue weighted by Crippen LogP contribution is -2.45. The van der Waals surface area contributed by atoms with E-state index in [4.69, 9.17) is 20.3 Å². The summed E-state index contributed by atoms with van der Waals surface area (Å²) in [5.41, 5.74) is 7.02. The molecule has 0 aliphatic rings. The zero-order valence-corrected chi connectivity index (χ0v) is 26.2. The molecular formula is C31H46N4O11. The summed E-state index contributed by atoms with van der Waals surface area (Å²) in [6.07, 6.45) is 1.60. The number of amides is 4. The van der Waals surface area contributed by atoms with Gasteiger partial charge in [0, 0.05) is 44.4 Å². The first-order chi connectivity index (χ1) is 21.9. The first kappa shape index (κ1) is 39.7. The van der Waals surface area contributed by atoms with Crippen LogP contribution in [0.4, 0.5) is 0 Å². The second kappa shape index (κ2) is 23.0. The molecule has 0 bridgehead atoms. The second-order valence-corrected chi connectivity index (χ2v) is 10.7. The zero-order chi connectivity index (χ0) is 34.3. The van der Waals surface area contributed by atoms with Gasteiger partial charge in [-0.3, -0.25) is 28.8 Å². The Bertz CT molecular complexity index is 1160. The van der Waals surface area contributed by atoms with Gasteiger partial charge >= 0.3 is 11.9 Å². The van der Waals surface area contributed by atoms with Gasteiger partial charge in [-0.15, -0.1) is 0 Å². The summed E-state index contributed by atoms with van der Waals surface area (Å²) in [6, 6.07) is 5.08. The number of carboxylic acids is 2. The Morgan fingerprint density at radius 2 is 1.41 bits per heavy atom. The van der Waals surface area contributed by atoms with Crippen LogP contribution in [0.2, 0.25) is 0 Å². The molecule has 256 valence electrons. The highest BCUT2D eigenvalue weighted by Crippen LogP contribution is 2.06. The van der Waals surface area contributed by atoms with Gasteiger partial charge in [-0.05, 0) is 57.6 Å². The lowest BCUT2D eigenvalue weighted by atomic mass is 10.1. The van der Waals surface area contributed by atoms with Gasteiger partial charge < -0.3 is 41.4 Å². The lowest BCUT2D eigenvalue weighted by molar-refractivity contribution is -0.142. The van der Waals surface area contributed by atoms with Gasteiger partial charge in [0.15, 0.2) is 0 Å². The summed E-state index contributed by atoms with van der Waals surface area (Å²) in [4.78, 5) is 81.8. The minimum Gasteiger partial charge on any atom is -0.481 e. The van der Waals surface area contributed by atoms with Crippen molar-refractivity contribution in [3.8, 4) is 0 Å². The first-order valence-electron chi connectivity index (χ1n) is 15.2. The van der Waals surface area contributed by atoms with E-state index in [0.717, 1.165) is 5.56 Å². The number of benzene rings is 1. The van der Waals surface area contributed by atoms with E-state index in [1.807, 2.05) is 19.1 Å². The van der Waals surface area contributed by atoms with Crippen molar-refractivity contribution in [2.45, 2.75) is 83.2 Å². The van der Waals surface area contributed by atoms with E-state index in [-0.39, 0.29) is 76.6 Å². The molecule has 7 N–H and O–H groups in total. The number of hydrogen-bond donors (Lipinski definition) is 6. The number of carbonyl (C=O) groups is 7. The van der Waals surface area contributed by atoms with Crippen LogP contribution in [0.3, 0.4) is 0 Å². The van der Waals surface area contributed by atoms with Crippen LogP contribution < -0.4 is 21.7 Å². The smallest absolute Gasteiger partial charge is 0.326 e. The number of rotatable bonds is 26. The van der Waals surface area contributed by atoms with Crippen molar-refractivity contribution in [3.05, 3.63) is 35.4 Å². The molecule has 2 atom stereocenters. The minimum atomic E-state index is -1.28. The molecule has 0 radical (unpaired) electrons. The molecule has 0 saturated carbocycles. The van der Waals surface area contributed by atoms with Crippen molar-refractivity contribution in [2.75, 3.05) is 33.0 Å².